The topological polar surface area (TPSA) is 76.1 Å². The molecule has 28 heavy (non-hydrogen) atoms. The van der Waals surface area contributed by atoms with Gasteiger partial charge in [0, 0.05) is 55.9 Å². The summed E-state index contributed by atoms with van der Waals surface area (Å²) in [6.45, 7) is 0.0774. The fourth-order valence-corrected chi connectivity index (χ4v) is 4.04. The van der Waals surface area contributed by atoms with Gasteiger partial charge in [0.2, 0.25) is 0 Å². The number of hydrogen-bond donors (Lipinski definition) is 2. The average molecular weight is 401 g/mol. The molecule has 8 heteroatoms. The van der Waals surface area contributed by atoms with Gasteiger partial charge >= 0.3 is 12.0 Å². The number of urea groups is 1. The van der Waals surface area contributed by atoms with Crippen LogP contribution in [0.5, 0.6) is 0 Å². The quantitative estimate of drug-likeness (QED) is 0.799. The fourth-order valence-electron chi connectivity index (χ4n) is 2.92. The second kappa shape index (κ2) is 8.02. The number of carboxylic acids is 1. The first kappa shape index (κ1) is 19.9. The molecule has 3 rings (SSSR count). The molecule has 1 aliphatic heterocycles. The highest BCUT2D eigenvalue weighted by Gasteiger charge is 2.29. The lowest BCUT2D eigenvalue weighted by molar-refractivity contribution is -0.136. The Morgan fingerprint density at radius 2 is 1.46 bits per heavy atom. The number of benzene rings is 2. The van der Waals surface area contributed by atoms with Gasteiger partial charge in [-0.25, -0.2) is 4.79 Å². The van der Waals surface area contributed by atoms with E-state index in [0.717, 1.165) is 32.5 Å². The number of aliphatic carboxylic acids is 1. The minimum Gasteiger partial charge on any atom is -0.481 e. The predicted molar refractivity (Wildman–Crippen MR) is 113 cm³/mol. The maximum atomic E-state index is 12.9. The van der Waals surface area contributed by atoms with Gasteiger partial charge in [-0.2, -0.15) is 0 Å². The standard InChI is InChI=1S/C20H24N4O3S/c1-22(2)13-5-7-15-17(11-13)28-18-12-14(23(3)4)6-8-16(18)24(15)20(27)21-10-9-19(25)26/h5-8,11-12H,9-10H2,1-4H3,(H,21,27)(H,25,26). The van der Waals surface area contributed by atoms with Crippen LogP contribution >= 0.6 is 11.8 Å². The Morgan fingerprint density at radius 3 is 1.89 bits per heavy atom. The molecular formula is C20H24N4O3S. The Kier molecular flexibility index (Phi) is 5.69. The monoisotopic (exact) mass is 400 g/mol. The highest BCUT2D eigenvalue weighted by Crippen LogP contribution is 2.50. The molecule has 0 saturated carbocycles. The number of hydrogen-bond acceptors (Lipinski definition) is 5. The summed E-state index contributed by atoms with van der Waals surface area (Å²) < 4.78 is 0. The van der Waals surface area contributed by atoms with E-state index in [1.807, 2.05) is 62.3 Å². The largest absolute Gasteiger partial charge is 0.481 e. The van der Waals surface area contributed by atoms with Crippen molar-refractivity contribution in [1.29, 1.82) is 0 Å². The number of nitrogens with zero attached hydrogens (tertiary/aromatic N) is 3. The van der Waals surface area contributed by atoms with Gasteiger partial charge in [-0.05, 0) is 36.4 Å². The molecule has 0 atom stereocenters. The van der Waals surface area contributed by atoms with E-state index in [4.69, 9.17) is 5.11 Å². The van der Waals surface area contributed by atoms with Crippen LogP contribution in [-0.2, 0) is 4.79 Å². The van der Waals surface area contributed by atoms with Crippen molar-refractivity contribution < 1.29 is 14.7 Å². The third-order valence-electron chi connectivity index (χ3n) is 4.44. The van der Waals surface area contributed by atoms with Gasteiger partial charge in [0.25, 0.3) is 0 Å². The molecule has 0 saturated heterocycles. The van der Waals surface area contributed by atoms with Crippen LogP contribution < -0.4 is 20.0 Å². The van der Waals surface area contributed by atoms with E-state index in [9.17, 15) is 9.59 Å². The Balaban J connectivity index is 2.02. The van der Waals surface area contributed by atoms with Crippen molar-refractivity contribution in [3.63, 3.8) is 0 Å². The van der Waals surface area contributed by atoms with Crippen LogP contribution in [0.2, 0.25) is 0 Å². The number of fused-ring (bicyclic) bond motifs is 2. The summed E-state index contributed by atoms with van der Waals surface area (Å²) in [6, 6.07) is 11.6. The molecule has 7 nitrogen and oxygen atoms in total. The predicted octanol–water partition coefficient (Wildman–Crippen LogP) is 3.61. The van der Waals surface area contributed by atoms with Crippen LogP contribution in [0.3, 0.4) is 0 Å². The molecule has 0 bridgehead atoms. The molecule has 0 fully saturated rings. The van der Waals surface area contributed by atoms with Crippen molar-refractivity contribution in [3.05, 3.63) is 36.4 Å². The minimum absolute atomic E-state index is 0.0774. The molecule has 2 aromatic carbocycles. The third-order valence-corrected chi connectivity index (χ3v) is 5.53. The van der Waals surface area contributed by atoms with Crippen LogP contribution in [0.4, 0.5) is 27.5 Å². The normalized spacial score (nSPS) is 12.1. The SMILES string of the molecule is CN(C)c1ccc2c(c1)Sc1cc(N(C)C)ccc1N2C(=O)NCCC(=O)O. The lowest BCUT2D eigenvalue weighted by Gasteiger charge is -2.32. The summed E-state index contributed by atoms with van der Waals surface area (Å²) in [5, 5.41) is 11.6. The van der Waals surface area contributed by atoms with Gasteiger partial charge in [-0.1, -0.05) is 11.8 Å². The lowest BCUT2D eigenvalue weighted by atomic mass is 10.2. The van der Waals surface area contributed by atoms with Crippen LogP contribution in [0.1, 0.15) is 6.42 Å². The van der Waals surface area contributed by atoms with E-state index in [-0.39, 0.29) is 19.0 Å². The van der Waals surface area contributed by atoms with Crippen molar-refractivity contribution in [3.8, 4) is 0 Å². The third kappa shape index (κ3) is 4.01. The van der Waals surface area contributed by atoms with Gasteiger partial charge in [0.1, 0.15) is 0 Å². The van der Waals surface area contributed by atoms with Crippen LogP contribution in [0, 0.1) is 0 Å². The smallest absolute Gasteiger partial charge is 0.326 e. The first-order chi connectivity index (χ1) is 13.3. The maximum Gasteiger partial charge on any atom is 0.326 e. The highest BCUT2D eigenvalue weighted by molar-refractivity contribution is 7.99. The molecule has 148 valence electrons. The fraction of sp³-hybridized carbons (Fsp3) is 0.300. The van der Waals surface area contributed by atoms with E-state index in [1.165, 1.54) is 0 Å². The molecule has 2 N–H and O–H groups in total. The minimum atomic E-state index is -0.943. The van der Waals surface area contributed by atoms with Gasteiger partial charge in [0.05, 0.1) is 17.8 Å². The molecule has 0 aliphatic carbocycles. The number of nitrogens with one attached hydrogen (secondary N) is 1. The molecule has 0 aromatic heterocycles. The molecule has 0 spiro atoms. The molecule has 0 unspecified atom stereocenters. The zero-order valence-corrected chi connectivity index (χ0v) is 17.2. The number of carboxylic acid groups (broad SMARTS) is 1. The maximum absolute atomic E-state index is 12.9. The van der Waals surface area contributed by atoms with Crippen molar-refractivity contribution in [2.75, 3.05) is 49.4 Å². The molecule has 1 aliphatic rings. The van der Waals surface area contributed by atoms with Crippen molar-refractivity contribution in [1.82, 2.24) is 5.32 Å². The summed E-state index contributed by atoms with van der Waals surface area (Å²) in [7, 11) is 7.90. The van der Waals surface area contributed by atoms with Crippen LogP contribution in [0.25, 0.3) is 0 Å². The summed E-state index contributed by atoms with van der Waals surface area (Å²) in [5.41, 5.74) is 3.66. The van der Waals surface area contributed by atoms with E-state index in [2.05, 4.69) is 17.4 Å². The van der Waals surface area contributed by atoms with E-state index in [0.29, 0.717) is 0 Å². The van der Waals surface area contributed by atoms with Crippen LogP contribution in [-0.4, -0.2) is 51.8 Å². The first-order valence-corrected chi connectivity index (χ1v) is 9.70. The molecular weight excluding hydrogens is 376 g/mol. The zero-order chi connectivity index (χ0) is 20.4. The van der Waals surface area contributed by atoms with Gasteiger partial charge in [-0.15, -0.1) is 0 Å². The average Bonchev–Trinajstić information content (AvgIpc) is 2.64. The lowest BCUT2D eigenvalue weighted by Crippen LogP contribution is -2.39. The van der Waals surface area contributed by atoms with E-state index < -0.39 is 5.97 Å². The van der Waals surface area contributed by atoms with Gasteiger partial charge < -0.3 is 20.2 Å². The first-order valence-electron chi connectivity index (χ1n) is 8.88. The van der Waals surface area contributed by atoms with E-state index in [1.54, 1.807) is 16.7 Å². The Bertz CT molecular complexity index is 857. The number of anilines is 4. The summed E-state index contributed by atoms with van der Waals surface area (Å²) in [5.74, 6) is -0.943. The number of rotatable bonds is 5. The second-order valence-electron chi connectivity index (χ2n) is 6.91. The van der Waals surface area contributed by atoms with Crippen molar-refractivity contribution >= 4 is 46.5 Å². The molecule has 2 amide bonds. The molecule has 1 heterocycles. The van der Waals surface area contributed by atoms with Gasteiger partial charge in [0.15, 0.2) is 0 Å². The number of carbonyl (C=O) groups excluding carboxylic acids is 1. The summed E-state index contributed by atoms with van der Waals surface area (Å²) in [4.78, 5) is 31.3. The van der Waals surface area contributed by atoms with Crippen LogP contribution in [0.15, 0.2) is 46.2 Å². The Morgan fingerprint density at radius 1 is 0.964 bits per heavy atom. The molecule has 0 radical (unpaired) electrons. The molecule has 2 aromatic rings. The Labute approximate surface area is 168 Å². The zero-order valence-electron chi connectivity index (χ0n) is 16.4. The van der Waals surface area contributed by atoms with E-state index >= 15 is 0 Å². The highest BCUT2D eigenvalue weighted by atomic mass is 32.2. The summed E-state index contributed by atoms with van der Waals surface area (Å²) in [6.07, 6.45) is -0.118. The number of carbonyl (C=O) groups is 2. The van der Waals surface area contributed by atoms with Crippen molar-refractivity contribution in [2.45, 2.75) is 16.2 Å². The second-order valence-corrected chi connectivity index (χ2v) is 7.99. The Hall–Kier alpha value is -2.87. The number of amides is 2. The van der Waals surface area contributed by atoms with Gasteiger partial charge in [-0.3, -0.25) is 9.69 Å². The van der Waals surface area contributed by atoms with Crippen molar-refractivity contribution in [2.24, 2.45) is 0 Å². The summed E-state index contributed by atoms with van der Waals surface area (Å²) >= 11 is 1.63.